The molecule has 2 aromatic rings. The molecule has 0 spiro atoms. The van der Waals surface area contributed by atoms with Crippen LogP contribution in [0.4, 0.5) is 11.4 Å². The minimum absolute atomic E-state index is 0.0520. The van der Waals surface area contributed by atoms with E-state index in [1.54, 1.807) is 18.3 Å². The van der Waals surface area contributed by atoms with Gasteiger partial charge in [0, 0.05) is 25.4 Å². The van der Waals surface area contributed by atoms with Crippen LogP contribution in [0.2, 0.25) is 0 Å². The van der Waals surface area contributed by atoms with Gasteiger partial charge in [0.15, 0.2) is 0 Å². The number of nitro groups is 1. The average molecular weight is 404 g/mol. The number of hydrogen-bond donors (Lipinski definition) is 1. The quantitative estimate of drug-likeness (QED) is 0.585. The summed E-state index contributed by atoms with van der Waals surface area (Å²) >= 11 is 0. The molecular formula is C19H24N4O4S. The standard InChI is InChI=1S/C19H24N4O4S/c1-14-9-15(2)13-22(12-14)28(26,27)17-6-7-18(19(10-17)23(24)25)21-11-16-5-3-4-8-20-16/h3-8,10,14-15,21H,9,11-13H2,1-2H3/t14-,15+. The van der Waals surface area contributed by atoms with E-state index >= 15 is 0 Å². The maximum absolute atomic E-state index is 13.0. The summed E-state index contributed by atoms with van der Waals surface area (Å²) in [6.07, 6.45) is 2.62. The number of hydrogen-bond acceptors (Lipinski definition) is 6. The molecule has 0 bridgehead atoms. The van der Waals surface area contributed by atoms with Crippen molar-refractivity contribution in [3.63, 3.8) is 0 Å². The summed E-state index contributed by atoms with van der Waals surface area (Å²) in [4.78, 5) is 15.1. The third kappa shape index (κ3) is 4.48. The van der Waals surface area contributed by atoms with Crippen LogP contribution in [0.25, 0.3) is 0 Å². The third-order valence-corrected chi connectivity index (χ3v) is 6.65. The molecule has 1 fully saturated rings. The maximum Gasteiger partial charge on any atom is 0.293 e. The first-order chi connectivity index (χ1) is 13.3. The molecule has 1 saturated heterocycles. The number of nitro benzene ring substituents is 1. The largest absolute Gasteiger partial charge is 0.374 e. The van der Waals surface area contributed by atoms with Gasteiger partial charge in [0.2, 0.25) is 10.0 Å². The van der Waals surface area contributed by atoms with Gasteiger partial charge in [-0.2, -0.15) is 4.31 Å². The van der Waals surface area contributed by atoms with Crippen LogP contribution in [0.15, 0.2) is 47.5 Å². The smallest absolute Gasteiger partial charge is 0.293 e. The van der Waals surface area contributed by atoms with Gasteiger partial charge in [-0.15, -0.1) is 0 Å². The Morgan fingerprint density at radius 3 is 2.54 bits per heavy atom. The van der Waals surface area contributed by atoms with Gasteiger partial charge in [-0.25, -0.2) is 8.42 Å². The summed E-state index contributed by atoms with van der Waals surface area (Å²) in [5, 5.41) is 14.5. The lowest BCUT2D eigenvalue weighted by atomic mass is 9.94. The van der Waals surface area contributed by atoms with Gasteiger partial charge in [-0.3, -0.25) is 15.1 Å². The van der Waals surface area contributed by atoms with E-state index in [-0.39, 0.29) is 28.1 Å². The zero-order chi connectivity index (χ0) is 20.3. The first-order valence-electron chi connectivity index (χ1n) is 9.19. The lowest BCUT2D eigenvalue weighted by molar-refractivity contribution is -0.384. The zero-order valence-corrected chi connectivity index (χ0v) is 16.7. The Bertz CT molecular complexity index is 940. The normalized spacial score (nSPS) is 20.6. The molecule has 28 heavy (non-hydrogen) atoms. The molecule has 0 unspecified atom stereocenters. The second-order valence-corrected chi connectivity index (χ2v) is 9.32. The van der Waals surface area contributed by atoms with Crippen LogP contribution < -0.4 is 5.32 Å². The summed E-state index contributed by atoms with van der Waals surface area (Å²) in [6, 6.07) is 9.43. The van der Waals surface area contributed by atoms with E-state index < -0.39 is 14.9 Å². The minimum Gasteiger partial charge on any atom is -0.374 e. The van der Waals surface area contributed by atoms with Crippen LogP contribution in [-0.2, 0) is 16.6 Å². The van der Waals surface area contributed by atoms with Crippen LogP contribution in [0.5, 0.6) is 0 Å². The molecule has 0 aliphatic carbocycles. The Hall–Kier alpha value is -2.52. The fraction of sp³-hybridized carbons (Fsp3) is 0.421. The highest BCUT2D eigenvalue weighted by molar-refractivity contribution is 7.89. The third-order valence-electron chi connectivity index (χ3n) is 4.83. The summed E-state index contributed by atoms with van der Waals surface area (Å²) in [6.45, 7) is 5.20. The number of anilines is 1. The van der Waals surface area contributed by atoms with E-state index in [0.29, 0.717) is 19.6 Å². The number of piperidine rings is 1. The first-order valence-corrected chi connectivity index (χ1v) is 10.6. The van der Waals surface area contributed by atoms with E-state index in [1.807, 2.05) is 19.9 Å². The van der Waals surface area contributed by atoms with E-state index in [1.165, 1.54) is 16.4 Å². The number of pyridine rings is 1. The van der Waals surface area contributed by atoms with E-state index in [2.05, 4.69) is 10.3 Å². The molecule has 1 aliphatic rings. The molecule has 1 aliphatic heterocycles. The van der Waals surface area contributed by atoms with E-state index in [4.69, 9.17) is 0 Å². The molecule has 9 heteroatoms. The summed E-state index contributed by atoms with van der Waals surface area (Å²) in [7, 11) is -3.78. The molecule has 8 nitrogen and oxygen atoms in total. The Labute approximate surface area is 164 Å². The van der Waals surface area contributed by atoms with Gasteiger partial charge in [-0.1, -0.05) is 19.9 Å². The molecule has 0 radical (unpaired) electrons. The number of nitrogens with one attached hydrogen (secondary N) is 1. The highest BCUT2D eigenvalue weighted by atomic mass is 32.2. The van der Waals surface area contributed by atoms with Gasteiger partial charge in [0.1, 0.15) is 5.69 Å². The number of benzene rings is 1. The molecule has 150 valence electrons. The van der Waals surface area contributed by atoms with Crippen molar-refractivity contribution in [3.8, 4) is 0 Å². The van der Waals surface area contributed by atoms with Crippen LogP contribution in [-0.4, -0.2) is 35.7 Å². The van der Waals surface area contributed by atoms with Crippen molar-refractivity contribution in [2.24, 2.45) is 11.8 Å². The SMILES string of the molecule is C[C@@H]1C[C@H](C)CN(S(=O)(=O)c2ccc(NCc3ccccn3)c([N+](=O)[O-])c2)C1. The van der Waals surface area contributed by atoms with Crippen LogP contribution in [0, 0.1) is 22.0 Å². The predicted octanol–water partition coefficient (Wildman–Crippen LogP) is 3.27. The fourth-order valence-electron chi connectivity index (χ4n) is 3.61. The van der Waals surface area contributed by atoms with Gasteiger partial charge in [0.25, 0.3) is 5.69 Å². The van der Waals surface area contributed by atoms with Crippen LogP contribution in [0.3, 0.4) is 0 Å². The predicted molar refractivity (Wildman–Crippen MR) is 106 cm³/mol. The topological polar surface area (TPSA) is 105 Å². The van der Waals surface area contributed by atoms with E-state index in [9.17, 15) is 18.5 Å². The molecule has 1 aromatic carbocycles. The second kappa shape index (κ2) is 8.24. The van der Waals surface area contributed by atoms with Crippen molar-refractivity contribution in [1.82, 2.24) is 9.29 Å². The van der Waals surface area contributed by atoms with Gasteiger partial charge in [-0.05, 0) is 42.5 Å². The van der Waals surface area contributed by atoms with Crippen molar-refractivity contribution >= 4 is 21.4 Å². The van der Waals surface area contributed by atoms with Crippen molar-refractivity contribution in [2.45, 2.75) is 31.7 Å². The van der Waals surface area contributed by atoms with Crippen molar-refractivity contribution in [1.29, 1.82) is 0 Å². The van der Waals surface area contributed by atoms with Crippen LogP contribution in [0.1, 0.15) is 26.0 Å². The van der Waals surface area contributed by atoms with Crippen molar-refractivity contribution < 1.29 is 13.3 Å². The molecule has 1 N–H and O–H groups in total. The number of aromatic nitrogens is 1. The highest BCUT2D eigenvalue weighted by Gasteiger charge is 2.33. The monoisotopic (exact) mass is 404 g/mol. The van der Waals surface area contributed by atoms with Gasteiger partial charge < -0.3 is 5.32 Å². The summed E-state index contributed by atoms with van der Waals surface area (Å²) in [5.41, 5.74) is 0.717. The molecule has 0 saturated carbocycles. The summed E-state index contributed by atoms with van der Waals surface area (Å²) < 4.78 is 27.5. The van der Waals surface area contributed by atoms with Gasteiger partial charge >= 0.3 is 0 Å². The first kappa shape index (κ1) is 20.2. The Morgan fingerprint density at radius 1 is 1.21 bits per heavy atom. The number of sulfonamides is 1. The van der Waals surface area contributed by atoms with Crippen LogP contribution >= 0.6 is 0 Å². The lowest BCUT2D eigenvalue weighted by Gasteiger charge is -2.34. The molecule has 0 amide bonds. The highest BCUT2D eigenvalue weighted by Crippen LogP contribution is 2.31. The zero-order valence-electron chi connectivity index (χ0n) is 15.9. The molecule has 3 rings (SSSR count). The summed E-state index contributed by atoms with van der Waals surface area (Å²) in [5.74, 6) is 0.514. The van der Waals surface area contributed by atoms with Crippen molar-refractivity contribution in [2.75, 3.05) is 18.4 Å². The Morgan fingerprint density at radius 2 is 1.93 bits per heavy atom. The number of rotatable bonds is 6. The number of nitrogens with zero attached hydrogens (tertiary/aromatic N) is 3. The van der Waals surface area contributed by atoms with Gasteiger partial charge in [0.05, 0.1) is 22.1 Å². The van der Waals surface area contributed by atoms with E-state index in [0.717, 1.165) is 18.2 Å². The molecular weight excluding hydrogens is 380 g/mol. The molecule has 2 heterocycles. The molecule has 2 atom stereocenters. The lowest BCUT2D eigenvalue weighted by Crippen LogP contribution is -2.42. The Balaban J connectivity index is 1.86. The minimum atomic E-state index is -3.78. The fourth-order valence-corrected chi connectivity index (χ4v) is 5.31. The average Bonchev–Trinajstić information content (AvgIpc) is 2.66. The van der Waals surface area contributed by atoms with Crippen molar-refractivity contribution in [3.05, 3.63) is 58.4 Å². The molecule has 1 aromatic heterocycles. The second-order valence-electron chi connectivity index (χ2n) is 7.38. The maximum atomic E-state index is 13.0. The Kier molecular flexibility index (Phi) is 5.95.